The van der Waals surface area contributed by atoms with Crippen molar-refractivity contribution >= 4 is 0 Å². The number of rotatable bonds is 7. The van der Waals surface area contributed by atoms with Gasteiger partial charge in [0.1, 0.15) is 0 Å². The zero-order valence-electron chi connectivity index (χ0n) is 20.3. The molecule has 2 aromatic carbocycles. The molecule has 2 atom stereocenters. The van der Waals surface area contributed by atoms with Crippen LogP contribution in [0.25, 0.3) is 0 Å². The van der Waals surface area contributed by atoms with Crippen LogP contribution in [-0.2, 0) is 12.8 Å². The van der Waals surface area contributed by atoms with Gasteiger partial charge in [-0.25, -0.2) is 0 Å². The fourth-order valence-corrected chi connectivity index (χ4v) is 3.72. The van der Waals surface area contributed by atoms with E-state index < -0.39 is 0 Å². The molecule has 0 aromatic heterocycles. The van der Waals surface area contributed by atoms with Gasteiger partial charge in [0.25, 0.3) is 0 Å². The summed E-state index contributed by atoms with van der Waals surface area (Å²) in [6, 6.07) is 21.8. The Morgan fingerprint density at radius 3 is 1.04 bits per heavy atom. The van der Waals surface area contributed by atoms with Crippen molar-refractivity contribution in [3.63, 3.8) is 0 Å². The molecule has 0 heterocycles. The third-order valence-electron chi connectivity index (χ3n) is 6.89. The molecule has 0 aliphatic heterocycles. The predicted octanol–water partition coefficient (Wildman–Crippen LogP) is 8.85. The van der Waals surface area contributed by atoms with Crippen LogP contribution in [0, 0.1) is 22.7 Å². The van der Waals surface area contributed by atoms with Crippen LogP contribution in [0.4, 0.5) is 0 Å². The summed E-state index contributed by atoms with van der Waals surface area (Å²) in [6.45, 7) is 22.7. The van der Waals surface area contributed by atoms with E-state index in [9.17, 15) is 0 Å². The number of hydrogen-bond acceptors (Lipinski definition) is 0. The van der Waals surface area contributed by atoms with Crippen molar-refractivity contribution in [3.05, 3.63) is 71.8 Å². The SMILES string of the molecule is CC.CC.CC(Cc1ccccc1)C(C)(C)C(C)(C)C(C)Cc1ccccc1. The third-order valence-corrected chi connectivity index (χ3v) is 6.89. The van der Waals surface area contributed by atoms with Gasteiger partial charge in [0.2, 0.25) is 0 Å². The molecule has 2 aromatic rings. The molecule has 0 radical (unpaired) electrons. The van der Waals surface area contributed by atoms with E-state index in [1.807, 2.05) is 27.7 Å². The van der Waals surface area contributed by atoms with E-state index in [2.05, 4.69) is 102 Å². The van der Waals surface area contributed by atoms with Crippen molar-refractivity contribution in [2.75, 3.05) is 0 Å². The second-order valence-corrected chi connectivity index (χ2v) is 8.62. The standard InChI is InChI=1S/C24H34.2C2H6/c1-19(17-21-13-9-7-10-14-21)23(3,4)24(5,6)20(2)18-22-15-11-8-12-16-22;2*1-2/h7-16,19-20H,17-18H2,1-6H3;2*1-2H3. The Morgan fingerprint density at radius 1 is 0.536 bits per heavy atom. The first-order chi connectivity index (χ1) is 13.2. The van der Waals surface area contributed by atoms with Crippen LogP contribution in [0.5, 0.6) is 0 Å². The molecule has 158 valence electrons. The summed E-state index contributed by atoms with van der Waals surface area (Å²) in [4.78, 5) is 0. The highest BCUT2D eigenvalue weighted by molar-refractivity contribution is 5.17. The predicted molar refractivity (Wildman–Crippen MR) is 129 cm³/mol. The molecule has 0 aliphatic carbocycles. The Labute approximate surface area is 176 Å². The lowest BCUT2D eigenvalue weighted by Gasteiger charge is -2.50. The highest BCUT2D eigenvalue weighted by Crippen LogP contribution is 2.50. The molecule has 2 rings (SSSR count). The lowest BCUT2D eigenvalue weighted by molar-refractivity contribution is 0.000150. The summed E-state index contributed by atoms with van der Waals surface area (Å²) >= 11 is 0. The number of hydrogen-bond donors (Lipinski definition) is 0. The van der Waals surface area contributed by atoms with Crippen molar-refractivity contribution in [2.24, 2.45) is 22.7 Å². The normalized spacial score (nSPS) is 13.4. The zero-order valence-corrected chi connectivity index (χ0v) is 20.3. The van der Waals surface area contributed by atoms with Gasteiger partial charge in [0.05, 0.1) is 0 Å². The lowest BCUT2D eigenvalue weighted by Crippen LogP contribution is -2.43. The maximum Gasteiger partial charge on any atom is -0.0248 e. The fourth-order valence-electron chi connectivity index (χ4n) is 3.72. The van der Waals surface area contributed by atoms with E-state index in [-0.39, 0.29) is 10.8 Å². The van der Waals surface area contributed by atoms with Gasteiger partial charge in [-0.1, -0.05) is 130 Å². The molecule has 0 bridgehead atoms. The van der Waals surface area contributed by atoms with E-state index in [4.69, 9.17) is 0 Å². The van der Waals surface area contributed by atoms with Crippen LogP contribution >= 0.6 is 0 Å². The minimum Gasteiger partial charge on any atom is -0.0683 e. The van der Waals surface area contributed by atoms with Crippen molar-refractivity contribution in [1.29, 1.82) is 0 Å². The smallest absolute Gasteiger partial charge is 0.0248 e. The second kappa shape index (κ2) is 12.8. The van der Waals surface area contributed by atoms with E-state index in [1.54, 1.807) is 0 Å². The van der Waals surface area contributed by atoms with Crippen molar-refractivity contribution in [2.45, 2.75) is 82.1 Å². The summed E-state index contributed by atoms with van der Waals surface area (Å²) in [5, 5.41) is 0. The molecule has 28 heavy (non-hydrogen) atoms. The van der Waals surface area contributed by atoms with Gasteiger partial charge < -0.3 is 0 Å². The molecular weight excluding hydrogens is 336 g/mol. The van der Waals surface area contributed by atoms with Crippen LogP contribution < -0.4 is 0 Å². The van der Waals surface area contributed by atoms with Crippen LogP contribution in [0.2, 0.25) is 0 Å². The monoisotopic (exact) mass is 382 g/mol. The second-order valence-electron chi connectivity index (χ2n) is 8.62. The van der Waals surface area contributed by atoms with Gasteiger partial charge in [0.15, 0.2) is 0 Å². The first-order valence-corrected chi connectivity index (χ1v) is 11.3. The van der Waals surface area contributed by atoms with Crippen LogP contribution in [-0.4, -0.2) is 0 Å². The minimum atomic E-state index is 0.261. The lowest BCUT2D eigenvalue weighted by atomic mass is 9.55. The Morgan fingerprint density at radius 2 is 0.786 bits per heavy atom. The molecule has 0 N–H and O–H groups in total. The van der Waals surface area contributed by atoms with Crippen LogP contribution in [0.1, 0.15) is 80.4 Å². The summed E-state index contributed by atoms with van der Waals surface area (Å²) in [7, 11) is 0. The fraction of sp³-hybridized carbons (Fsp3) is 0.571. The molecule has 0 saturated carbocycles. The summed E-state index contributed by atoms with van der Waals surface area (Å²) in [5.41, 5.74) is 3.42. The first-order valence-electron chi connectivity index (χ1n) is 11.3. The summed E-state index contributed by atoms with van der Waals surface area (Å²) < 4.78 is 0. The summed E-state index contributed by atoms with van der Waals surface area (Å²) in [6.07, 6.45) is 2.30. The average Bonchev–Trinajstić information content (AvgIpc) is 2.72. The minimum absolute atomic E-state index is 0.261. The van der Waals surface area contributed by atoms with E-state index in [0.29, 0.717) is 11.8 Å². The van der Waals surface area contributed by atoms with Gasteiger partial charge in [-0.3, -0.25) is 0 Å². The van der Waals surface area contributed by atoms with Crippen LogP contribution in [0.15, 0.2) is 60.7 Å². The molecule has 0 saturated heterocycles. The van der Waals surface area contributed by atoms with E-state index >= 15 is 0 Å². The molecule has 0 spiro atoms. The highest BCUT2D eigenvalue weighted by atomic mass is 14.5. The van der Waals surface area contributed by atoms with Crippen molar-refractivity contribution < 1.29 is 0 Å². The Kier molecular flexibility index (Phi) is 12.1. The molecule has 0 heteroatoms. The maximum absolute atomic E-state index is 2.46. The van der Waals surface area contributed by atoms with Crippen LogP contribution in [0.3, 0.4) is 0 Å². The Hall–Kier alpha value is -1.56. The van der Waals surface area contributed by atoms with Gasteiger partial charge >= 0.3 is 0 Å². The molecule has 2 unspecified atom stereocenters. The average molecular weight is 383 g/mol. The highest BCUT2D eigenvalue weighted by Gasteiger charge is 2.44. The van der Waals surface area contributed by atoms with Gasteiger partial charge in [-0.2, -0.15) is 0 Å². The molecule has 0 aliphatic rings. The van der Waals surface area contributed by atoms with Gasteiger partial charge in [0, 0.05) is 0 Å². The first kappa shape index (κ1) is 26.4. The maximum atomic E-state index is 2.46. The van der Waals surface area contributed by atoms with Gasteiger partial charge in [-0.15, -0.1) is 0 Å². The van der Waals surface area contributed by atoms with Gasteiger partial charge in [-0.05, 0) is 46.6 Å². The Balaban J connectivity index is 0.00000171. The molecular formula is C28H46. The third kappa shape index (κ3) is 7.12. The molecule has 0 amide bonds. The number of benzene rings is 2. The zero-order chi connectivity index (χ0) is 21.8. The topological polar surface area (TPSA) is 0 Å². The van der Waals surface area contributed by atoms with Crippen molar-refractivity contribution in [1.82, 2.24) is 0 Å². The molecule has 0 nitrogen and oxygen atoms in total. The van der Waals surface area contributed by atoms with E-state index in [0.717, 1.165) is 12.8 Å². The summed E-state index contributed by atoms with van der Waals surface area (Å²) in [5.74, 6) is 1.27. The Bertz CT molecular complexity index is 550. The van der Waals surface area contributed by atoms with E-state index in [1.165, 1.54) is 11.1 Å². The van der Waals surface area contributed by atoms with Crippen molar-refractivity contribution in [3.8, 4) is 0 Å². The molecule has 0 fully saturated rings. The largest absolute Gasteiger partial charge is 0.0683 e. The quantitative estimate of drug-likeness (QED) is 0.448.